The zero-order valence-corrected chi connectivity index (χ0v) is 16.8. The van der Waals surface area contributed by atoms with Crippen molar-refractivity contribution in [3.05, 3.63) is 66.1 Å². The number of rotatable bonds is 4. The molecule has 0 radical (unpaired) electrons. The molecular weight excluding hydrogens is 362 g/mol. The third-order valence-corrected chi connectivity index (χ3v) is 6.77. The molecule has 1 aromatic carbocycles. The van der Waals surface area contributed by atoms with Gasteiger partial charge < -0.3 is 9.84 Å². The van der Waals surface area contributed by atoms with Crippen molar-refractivity contribution in [3.63, 3.8) is 0 Å². The Morgan fingerprint density at radius 2 is 1.97 bits per heavy atom. The molecule has 0 spiro atoms. The number of fused-ring (bicyclic) bond motifs is 3. The van der Waals surface area contributed by atoms with Crippen LogP contribution in [0.4, 0.5) is 0 Å². The summed E-state index contributed by atoms with van der Waals surface area (Å²) in [5, 5.41) is 12.8. The van der Waals surface area contributed by atoms with Gasteiger partial charge in [-0.2, -0.15) is 0 Å². The minimum atomic E-state index is -0.754. The zero-order chi connectivity index (χ0) is 19.8. The van der Waals surface area contributed by atoms with Crippen LogP contribution in [0.2, 0.25) is 0 Å². The number of aliphatic hydroxyl groups is 1. The number of methoxy groups -OCH3 is 1. The highest BCUT2D eigenvalue weighted by Gasteiger charge is 2.51. The molecule has 3 heterocycles. The van der Waals surface area contributed by atoms with E-state index in [9.17, 15) is 5.11 Å². The van der Waals surface area contributed by atoms with Crippen LogP contribution >= 0.6 is 0 Å². The maximum absolute atomic E-state index is 11.7. The van der Waals surface area contributed by atoms with E-state index in [1.807, 2.05) is 36.5 Å². The maximum atomic E-state index is 11.7. The van der Waals surface area contributed by atoms with Crippen LogP contribution < -0.4 is 4.74 Å². The number of piperidine rings is 1. The average Bonchev–Trinajstić information content (AvgIpc) is 2.75. The van der Waals surface area contributed by atoms with E-state index in [1.54, 1.807) is 13.3 Å². The lowest BCUT2D eigenvalue weighted by atomic mass is 9.63. The summed E-state index contributed by atoms with van der Waals surface area (Å²) in [6.45, 7) is 2.60. The first kappa shape index (κ1) is 18.5. The smallest absolute Gasteiger partial charge is 0.119 e. The van der Waals surface area contributed by atoms with Gasteiger partial charge in [-0.05, 0) is 43.2 Å². The van der Waals surface area contributed by atoms with Crippen LogP contribution in [0.15, 0.2) is 54.9 Å². The highest BCUT2D eigenvalue weighted by atomic mass is 16.5. The summed E-state index contributed by atoms with van der Waals surface area (Å²) in [7, 11) is 1.68. The molecule has 3 aromatic rings. The van der Waals surface area contributed by atoms with E-state index in [2.05, 4.69) is 22.0 Å². The summed E-state index contributed by atoms with van der Waals surface area (Å²) in [5.74, 6) is 1.33. The molecule has 2 fully saturated rings. The number of nitrogens with zero attached hydrogens (tertiary/aromatic N) is 3. The van der Waals surface area contributed by atoms with E-state index in [0.717, 1.165) is 60.4 Å². The van der Waals surface area contributed by atoms with Gasteiger partial charge in [-0.15, -0.1) is 0 Å². The minimum absolute atomic E-state index is 0.240. The second-order valence-electron chi connectivity index (χ2n) is 8.45. The summed E-state index contributed by atoms with van der Waals surface area (Å²) in [5.41, 5.74) is 2.29. The van der Waals surface area contributed by atoms with E-state index in [-0.39, 0.29) is 11.8 Å². The lowest BCUT2D eigenvalue weighted by Crippen LogP contribution is -2.57. The van der Waals surface area contributed by atoms with Crippen molar-refractivity contribution in [2.45, 2.75) is 31.4 Å². The van der Waals surface area contributed by atoms with Crippen LogP contribution in [0.3, 0.4) is 0 Å². The molecule has 1 N–H and O–H groups in total. The van der Waals surface area contributed by atoms with Gasteiger partial charge in [0.2, 0.25) is 0 Å². The second-order valence-corrected chi connectivity index (χ2v) is 8.45. The van der Waals surface area contributed by atoms with Crippen molar-refractivity contribution in [2.75, 3.05) is 20.2 Å². The Balaban J connectivity index is 1.37. The van der Waals surface area contributed by atoms with Crippen LogP contribution in [0.25, 0.3) is 10.9 Å². The van der Waals surface area contributed by atoms with E-state index in [0.29, 0.717) is 0 Å². The number of pyridine rings is 2. The van der Waals surface area contributed by atoms with Gasteiger partial charge in [0, 0.05) is 54.8 Å². The fourth-order valence-corrected chi connectivity index (χ4v) is 5.33. The second kappa shape index (κ2) is 7.39. The van der Waals surface area contributed by atoms with Crippen LogP contribution in [0, 0.1) is 11.8 Å². The number of aromatic nitrogens is 2. The molecule has 5 heteroatoms. The molecule has 29 heavy (non-hydrogen) atoms. The predicted molar refractivity (Wildman–Crippen MR) is 113 cm³/mol. The zero-order valence-electron chi connectivity index (χ0n) is 16.8. The van der Waals surface area contributed by atoms with Crippen molar-refractivity contribution < 1.29 is 9.84 Å². The van der Waals surface area contributed by atoms with Gasteiger partial charge in [0.15, 0.2) is 0 Å². The fourth-order valence-electron chi connectivity index (χ4n) is 5.33. The SMILES string of the molecule is COc1ccc2nc(CN3CC4CCCC(C3)C4(O)c3cccnc3)ccc2c1. The molecule has 1 saturated heterocycles. The molecule has 2 bridgehead atoms. The summed E-state index contributed by atoms with van der Waals surface area (Å²) in [6, 6.07) is 14.2. The van der Waals surface area contributed by atoms with Gasteiger partial charge in [-0.3, -0.25) is 14.9 Å². The van der Waals surface area contributed by atoms with Gasteiger partial charge in [0.25, 0.3) is 0 Å². The first-order valence-electron chi connectivity index (χ1n) is 10.5. The van der Waals surface area contributed by atoms with Crippen molar-refractivity contribution in [2.24, 2.45) is 11.8 Å². The monoisotopic (exact) mass is 389 g/mol. The molecule has 1 saturated carbocycles. The molecule has 1 aliphatic heterocycles. The van der Waals surface area contributed by atoms with Crippen LogP contribution in [0.1, 0.15) is 30.5 Å². The number of ether oxygens (including phenoxy) is 1. The van der Waals surface area contributed by atoms with Gasteiger partial charge in [-0.1, -0.05) is 18.6 Å². The van der Waals surface area contributed by atoms with Crippen molar-refractivity contribution in [1.29, 1.82) is 0 Å². The highest BCUT2D eigenvalue weighted by molar-refractivity contribution is 5.80. The summed E-state index contributed by atoms with van der Waals surface area (Å²) >= 11 is 0. The summed E-state index contributed by atoms with van der Waals surface area (Å²) in [6.07, 6.45) is 6.94. The minimum Gasteiger partial charge on any atom is -0.497 e. The largest absolute Gasteiger partial charge is 0.497 e. The Hall–Kier alpha value is -2.50. The molecule has 5 rings (SSSR count). The predicted octanol–water partition coefficient (Wildman–Crippen LogP) is 3.76. The van der Waals surface area contributed by atoms with Crippen LogP contribution in [0.5, 0.6) is 5.75 Å². The quantitative estimate of drug-likeness (QED) is 0.736. The van der Waals surface area contributed by atoms with Crippen LogP contribution in [-0.4, -0.2) is 40.2 Å². The molecule has 150 valence electrons. The Morgan fingerprint density at radius 3 is 2.69 bits per heavy atom. The normalized spacial score (nSPS) is 27.1. The molecule has 0 amide bonds. The molecular formula is C24H27N3O2. The van der Waals surface area contributed by atoms with E-state index in [1.165, 1.54) is 6.42 Å². The van der Waals surface area contributed by atoms with E-state index >= 15 is 0 Å². The Bertz CT molecular complexity index is 993. The third kappa shape index (κ3) is 3.28. The van der Waals surface area contributed by atoms with Crippen molar-refractivity contribution >= 4 is 10.9 Å². The summed E-state index contributed by atoms with van der Waals surface area (Å²) in [4.78, 5) is 11.6. The summed E-state index contributed by atoms with van der Waals surface area (Å²) < 4.78 is 5.31. The third-order valence-electron chi connectivity index (χ3n) is 6.77. The number of hydrogen-bond donors (Lipinski definition) is 1. The standard InChI is InChI=1S/C24H27N3O2/c1-29-22-9-10-23-17(12-22)7-8-21(26-23)16-27-14-19-4-2-5-20(15-27)24(19,28)18-6-3-11-25-13-18/h3,6-13,19-20,28H,2,4-5,14-16H2,1H3. The molecule has 2 aromatic heterocycles. The molecule has 2 unspecified atom stereocenters. The van der Waals surface area contributed by atoms with Crippen LogP contribution in [-0.2, 0) is 12.1 Å². The molecule has 2 aliphatic rings. The van der Waals surface area contributed by atoms with Crippen molar-refractivity contribution in [3.8, 4) is 5.75 Å². The Labute approximate surface area is 171 Å². The Kier molecular flexibility index (Phi) is 4.72. The van der Waals surface area contributed by atoms with Gasteiger partial charge in [0.05, 0.1) is 23.9 Å². The molecule has 2 atom stereocenters. The van der Waals surface area contributed by atoms with Gasteiger partial charge >= 0.3 is 0 Å². The number of hydrogen-bond acceptors (Lipinski definition) is 5. The van der Waals surface area contributed by atoms with Gasteiger partial charge in [0.1, 0.15) is 5.75 Å². The number of likely N-dealkylation sites (tertiary alicyclic amines) is 1. The van der Waals surface area contributed by atoms with Crippen molar-refractivity contribution in [1.82, 2.24) is 14.9 Å². The molecule has 5 nitrogen and oxygen atoms in total. The maximum Gasteiger partial charge on any atom is 0.119 e. The number of benzene rings is 1. The lowest BCUT2D eigenvalue weighted by molar-refractivity contribution is -0.148. The van der Waals surface area contributed by atoms with Gasteiger partial charge in [-0.25, -0.2) is 0 Å². The first-order valence-corrected chi connectivity index (χ1v) is 10.5. The first-order chi connectivity index (χ1) is 14.2. The fraction of sp³-hybridized carbons (Fsp3) is 0.417. The average molecular weight is 389 g/mol. The van der Waals surface area contributed by atoms with E-state index in [4.69, 9.17) is 9.72 Å². The lowest BCUT2D eigenvalue weighted by Gasteiger charge is -2.53. The topological polar surface area (TPSA) is 58.5 Å². The molecule has 1 aliphatic carbocycles. The highest BCUT2D eigenvalue weighted by Crippen LogP contribution is 2.49. The van der Waals surface area contributed by atoms with E-state index < -0.39 is 5.60 Å². The Morgan fingerprint density at radius 1 is 1.14 bits per heavy atom.